The fourth-order valence-corrected chi connectivity index (χ4v) is 6.34. The number of nitrogens with zero attached hydrogens (tertiary/aromatic N) is 2. The average molecular weight is 385 g/mol. The maximum atomic E-state index is 13.2. The van der Waals surface area contributed by atoms with Crippen molar-refractivity contribution in [1.82, 2.24) is 15.3 Å². The molecule has 1 heterocycles. The summed E-state index contributed by atoms with van der Waals surface area (Å²) in [5.74, 6) is 2.43. The molecule has 2 unspecified atom stereocenters. The van der Waals surface area contributed by atoms with Gasteiger partial charge >= 0.3 is 0 Å². The second kappa shape index (κ2) is 6.68. The number of hydrogen-bond acceptors (Lipinski definition) is 5. The molecule has 5 aliphatic rings. The van der Waals surface area contributed by atoms with Crippen molar-refractivity contribution >= 4 is 11.9 Å². The molecule has 28 heavy (non-hydrogen) atoms. The molecule has 0 aromatic carbocycles. The summed E-state index contributed by atoms with van der Waals surface area (Å²) in [5.41, 5.74) is 1.08. The molecule has 1 amide bonds. The molecule has 152 valence electrons. The zero-order valence-corrected chi connectivity index (χ0v) is 16.9. The van der Waals surface area contributed by atoms with Gasteiger partial charge in [-0.2, -0.15) is 0 Å². The normalized spacial score (nSPS) is 36.4. The van der Waals surface area contributed by atoms with Crippen LogP contribution in [0.1, 0.15) is 87.2 Å². The molecule has 0 saturated heterocycles. The van der Waals surface area contributed by atoms with E-state index in [1.165, 1.54) is 6.42 Å². The van der Waals surface area contributed by atoms with E-state index in [1.54, 1.807) is 6.20 Å². The van der Waals surface area contributed by atoms with Gasteiger partial charge in [-0.15, -0.1) is 0 Å². The second-order valence-electron chi connectivity index (χ2n) is 10.1. The van der Waals surface area contributed by atoms with E-state index in [1.807, 2.05) is 0 Å². The molecule has 6 nitrogen and oxygen atoms in total. The van der Waals surface area contributed by atoms with Crippen LogP contribution >= 0.6 is 0 Å². The summed E-state index contributed by atoms with van der Waals surface area (Å²) in [6.45, 7) is 4.13. The van der Waals surface area contributed by atoms with Gasteiger partial charge in [-0.3, -0.25) is 4.79 Å². The van der Waals surface area contributed by atoms with Crippen molar-refractivity contribution in [2.45, 2.75) is 88.8 Å². The monoisotopic (exact) mass is 384 g/mol. The van der Waals surface area contributed by atoms with E-state index in [9.17, 15) is 9.90 Å². The first kappa shape index (κ1) is 18.3. The first-order chi connectivity index (χ1) is 13.4. The molecule has 0 radical (unpaired) electrons. The smallest absolute Gasteiger partial charge is 0.254 e. The Labute approximate surface area is 166 Å². The lowest BCUT2D eigenvalue weighted by Gasteiger charge is -2.58. The highest BCUT2D eigenvalue weighted by atomic mass is 16.3. The van der Waals surface area contributed by atoms with Gasteiger partial charge in [0.1, 0.15) is 0 Å². The van der Waals surface area contributed by atoms with Gasteiger partial charge in [-0.25, -0.2) is 9.97 Å². The summed E-state index contributed by atoms with van der Waals surface area (Å²) in [4.78, 5) is 22.4. The van der Waals surface area contributed by atoms with E-state index in [4.69, 9.17) is 4.98 Å². The minimum Gasteiger partial charge on any atom is -0.390 e. The molecule has 5 aliphatic carbocycles. The molecule has 5 saturated carbocycles. The molecule has 0 spiro atoms. The quantitative estimate of drug-likeness (QED) is 0.725. The van der Waals surface area contributed by atoms with Gasteiger partial charge in [0.15, 0.2) is 0 Å². The lowest BCUT2D eigenvalue weighted by atomic mass is 9.52. The van der Waals surface area contributed by atoms with E-state index < -0.39 is 5.60 Å². The molecule has 5 fully saturated rings. The molecule has 6 heteroatoms. The third-order valence-corrected chi connectivity index (χ3v) is 7.51. The Balaban J connectivity index is 1.36. The minimum absolute atomic E-state index is 0.0255. The maximum absolute atomic E-state index is 13.2. The number of anilines is 1. The number of hydrogen-bond donors (Lipinski definition) is 3. The third kappa shape index (κ3) is 3.19. The molecule has 2 atom stereocenters. The average Bonchev–Trinajstić information content (AvgIpc) is 2.54. The van der Waals surface area contributed by atoms with E-state index >= 15 is 0 Å². The maximum Gasteiger partial charge on any atom is 0.254 e. The highest BCUT2D eigenvalue weighted by Gasteiger charge is 2.55. The van der Waals surface area contributed by atoms with Crippen LogP contribution in [0.5, 0.6) is 0 Å². The fourth-order valence-electron chi connectivity index (χ4n) is 6.34. The Morgan fingerprint density at radius 2 is 1.93 bits per heavy atom. The Hall–Kier alpha value is -1.69. The Morgan fingerprint density at radius 3 is 2.50 bits per heavy atom. The number of carbonyl (C=O) groups excluding carboxylic acids is 1. The predicted molar refractivity (Wildman–Crippen MR) is 107 cm³/mol. The van der Waals surface area contributed by atoms with Gasteiger partial charge in [-0.1, -0.05) is 6.42 Å². The standard InChI is InChI=1S/C22H32N4O2/c1-12(2)24-21-23-11-17(19(26-21)14-4-3-5-14)20(27)25-18-15-6-13-7-16(18)10-22(28,8-13)9-15/h11-16,18,28H,3-10H2,1-2H3,(H,25,27)(H,23,24,26)/t13?,15?,16?,18-,22+. The molecular formula is C22H32N4O2. The van der Waals surface area contributed by atoms with Crippen LogP contribution in [-0.4, -0.2) is 38.7 Å². The van der Waals surface area contributed by atoms with Crippen molar-refractivity contribution in [2.75, 3.05) is 5.32 Å². The van der Waals surface area contributed by atoms with Crippen LogP contribution in [0.25, 0.3) is 0 Å². The fraction of sp³-hybridized carbons (Fsp3) is 0.773. The topological polar surface area (TPSA) is 87.1 Å². The van der Waals surface area contributed by atoms with Crippen molar-refractivity contribution in [3.05, 3.63) is 17.5 Å². The van der Waals surface area contributed by atoms with Crippen LogP contribution in [0.2, 0.25) is 0 Å². The van der Waals surface area contributed by atoms with Crippen LogP contribution in [0, 0.1) is 17.8 Å². The Kier molecular flexibility index (Phi) is 4.38. The summed E-state index contributed by atoms with van der Waals surface area (Å²) >= 11 is 0. The van der Waals surface area contributed by atoms with E-state index in [-0.39, 0.29) is 18.0 Å². The Morgan fingerprint density at radius 1 is 1.21 bits per heavy atom. The molecule has 0 aliphatic heterocycles. The summed E-state index contributed by atoms with van der Waals surface area (Å²) in [5, 5.41) is 17.4. The zero-order chi connectivity index (χ0) is 19.5. The van der Waals surface area contributed by atoms with Crippen molar-refractivity contribution in [2.24, 2.45) is 17.8 Å². The van der Waals surface area contributed by atoms with Crippen molar-refractivity contribution in [3.8, 4) is 0 Å². The van der Waals surface area contributed by atoms with Crippen LogP contribution in [0.15, 0.2) is 6.20 Å². The molecule has 1 aromatic heterocycles. The molecule has 4 bridgehead atoms. The molecule has 3 N–H and O–H groups in total. The van der Waals surface area contributed by atoms with Gasteiger partial charge < -0.3 is 15.7 Å². The van der Waals surface area contributed by atoms with Crippen molar-refractivity contribution in [1.29, 1.82) is 0 Å². The number of amides is 1. The number of rotatable bonds is 5. The SMILES string of the molecule is CC(C)Nc1ncc(C(=O)N[C@H]2C3CC4CC2C[C@@](O)(C4)C3)c(C2CCC2)n1. The summed E-state index contributed by atoms with van der Waals surface area (Å²) in [6, 6.07) is 0.444. The summed E-state index contributed by atoms with van der Waals surface area (Å²) < 4.78 is 0. The predicted octanol–water partition coefficient (Wildman–Crippen LogP) is 3.23. The van der Waals surface area contributed by atoms with Gasteiger partial charge in [-0.05, 0) is 76.5 Å². The molecule has 1 aromatic rings. The molecular weight excluding hydrogens is 352 g/mol. The van der Waals surface area contributed by atoms with E-state index in [2.05, 4.69) is 29.5 Å². The number of aromatic nitrogens is 2. The lowest BCUT2D eigenvalue weighted by molar-refractivity contribution is -0.136. The van der Waals surface area contributed by atoms with Crippen molar-refractivity contribution in [3.63, 3.8) is 0 Å². The van der Waals surface area contributed by atoms with Gasteiger partial charge in [0.05, 0.1) is 16.9 Å². The van der Waals surface area contributed by atoms with E-state index in [0.29, 0.717) is 35.2 Å². The third-order valence-electron chi connectivity index (χ3n) is 7.51. The first-order valence-electron chi connectivity index (χ1n) is 11.1. The summed E-state index contributed by atoms with van der Waals surface area (Å²) in [7, 11) is 0. The van der Waals surface area contributed by atoms with Crippen LogP contribution in [0.3, 0.4) is 0 Å². The number of nitrogens with one attached hydrogen (secondary N) is 2. The molecule has 6 rings (SSSR count). The highest BCUT2D eigenvalue weighted by molar-refractivity contribution is 5.95. The largest absolute Gasteiger partial charge is 0.390 e. The summed E-state index contributed by atoms with van der Waals surface area (Å²) in [6.07, 6.45) is 10.1. The van der Waals surface area contributed by atoms with Gasteiger partial charge in [0.25, 0.3) is 5.91 Å². The zero-order valence-electron chi connectivity index (χ0n) is 16.9. The highest BCUT2D eigenvalue weighted by Crippen LogP contribution is 2.55. The van der Waals surface area contributed by atoms with E-state index in [0.717, 1.165) is 50.6 Å². The Bertz CT molecular complexity index is 760. The number of carbonyl (C=O) groups is 1. The van der Waals surface area contributed by atoms with Crippen LogP contribution < -0.4 is 10.6 Å². The van der Waals surface area contributed by atoms with Gasteiger partial charge in [0.2, 0.25) is 5.95 Å². The first-order valence-corrected chi connectivity index (χ1v) is 11.1. The van der Waals surface area contributed by atoms with Crippen LogP contribution in [-0.2, 0) is 0 Å². The second-order valence-corrected chi connectivity index (χ2v) is 10.1. The number of aliphatic hydroxyl groups is 1. The lowest BCUT2D eigenvalue weighted by Crippen LogP contribution is -2.61. The van der Waals surface area contributed by atoms with Crippen LogP contribution in [0.4, 0.5) is 5.95 Å². The van der Waals surface area contributed by atoms with Gasteiger partial charge in [0, 0.05) is 24.2 Å². The van der Waals surface area contributed by atoms with Crippen molar-refractivity contribution < 1.29 is 9.90 Å². The minimum atomic E-state index is -0.470.